The van der Waals surface area contributed by atoms with Crippen LogP contribution in [-0.4, -0.2) is 33.8 Å². The van der Waals surface area contributed by atoms with E-state index in [-0.39, 0.29) is 6.04 Å². The Hall–Kier alpha value is -0.520. The van der Waals surface area contributed by atoms with E-state index in [0.29, 0.717) is 5.92 Å². The van der Waals surface area contributed by atoms with Crippen LogP contribution in [0.5, 0.6) is 0 Å². The van der Waals surface area contributed by atoms with E-state index in [2.05, 4.69) is 21.3 Å². The molecule has 1 aromatic heterocycles. The molecule has 0 saturated carbocycles. The Morgan fingerprint density at radius 3 is 3.16 bits per heavy atom. The smallest absolute Gasteiger partial charge is 0.0949 e. The summed E-state index contributed by atoms with van der Waals surface area (Å²) in [7, 11) is 0. The van der Waals surface area contributed by atoms with E-state index in [1.807, 2.05) is 12.5 Å². The maximum atomic E-state index is 6.40. The molecule has 0 spiro atoms. The number of nitrogens with two attached hydrogens (primary N) is 1. The van der Waals surface area contributed by atoms with Crippen molar-refractivity contribution < 1.29 is 4.74 Å². The maximum Gasteiger partial charge on any atom is 0.0949 e. The first-order chi connectivity index (χ1) is 9.34. The molecule has 2 aliphatic rings. The number of rotatable bonds is 4. The molecule has 0 aliphatic carbocycles. The number of hydrogen-bond acceptors (Lipinski definition) is 4. The van der Waals surface area contributed by atoms with Gasteiger partial charge in [0.15, 0.2) is 0 Å². The zero-order chi connectivity index (χ0) is 13.1. The van der Waals surface area contributed by atoms with Gasteiger partial charge in [-0.2, -0.15) is 11.8 Å². The third-order valence-electron chi connectivity index (χ3n) is 4.23. The van der Waals surface area contributed by atoms with Crippen LogP contribution in [0.2, 0.25) is 0 Å². The summed E-state index contributed by atoms with van der Waals surface area (Å²) in [5.74, 6) is 1.76. The zero-order valence-corrected chi connectivity index (χ0v) is 12.1. The Kier molecular flexibility index (Phi) is 4.45. The minimum absolute atomic E-state index is 0.0681. The van der Waals surface area contributed by atoms with Gasteiger partial charge in [-0.3, -0.25) is 0 Å². The number of aromatic nitrogens is 2. The van der Waals surface area contributed by atoms with Gasteiger partial charge >= 0.3 is 0 Å². The molecule has 0 aromatic carbocycles. The average Bonchev–Trinajstić information content (AvgIpc) is 3.10. The van der Waals surface area contributed by atoms with Crippen LogP contribution >= 0.6 is 11.8 Å². The maximum absolute atomic E-state index is 6.40. The first kappa shape index (κ1) is 13.5. The van der Waals surface area contributed by atoms with Gasteiger partial charge in [0, 0.05) is 30.5 Å². The molecule has 4 nitrogen and oxygen atoms in total. The summed E-state index contributed by atoms with van der Waals surface area (Å²) in [6, 6.07) is 0.0681. The van der Waals surface area contributed by atoms with Crippen molar-refractivity contribution in [3.8, 4) is 0 Å². The molecule has 5 heteroatoms. The van der Waals surface area contributed by atoms with E-state index in [0.717, 1.165) is 31.4 Å². The van der Waals surface area contributed by atoms with Crippen molar-refractivity contribution in [3.63, 3.8) is 0 Å². The monoisotopic (exact) mass is 281 g/mol. The molecule has 3 rings (SSSR count). The fourth-order valence-electron chi connectivity index (χ4n) is 3.01. The predicted molar refractivity (Wildman–Crippen MR) is 78.2 cm³/mol. The van der Waals surface area contributed by atoms with E-state index < -0.39 is 0 Å². The third-order valence-corrected chi connectivity index (χ3v) is 5.61. The van der Waals surface area contributed by atoms with Gasteiger partial charge in [-0.25, -0.2) is 4.98 Å². The Labute approximate surface area is 119 Å². The van der Waals surface area contributed by atoms with Gasteiger partial charge in [-0.05, 0) is 25.0 Å². The Balaban J connectivity index is 1.66. The Morgan fingerprint density at radius 1 is 1.47 bits per heavy atom. The second-order valence-corrected chi connectivity index (χ2v) is 7.02. The highest BCUT2D eigenvalue weighted by atomic mass is 32.2. The lowest BCUT2D eigenvalue weighted by molar-refractivity contribution is 0.180. The number of thioether (sulfide) groups is 1. The van der Waals surface area contributed by atoms with Crippen LogP contribution in [0.25, 0.3) is 0 Å². The van der Waals surface area contributed by atoms with Gasteiger partial charge in [0.1, 0.15) is 0 Å². The summed E-state index contributed by atoms with van der Waals surface area (Å²) in [4.78, 5) is 4.31. The van der Waals surface area contributed by atoms with Gasteiger partial charge in [-0.1, -0.05) is 6.42 Å². The molecule has 1 aromatic rings. The number of imidazole rings is 1. The quantitative estimate of drug-likeness (QED) is 0.919. The highest BCUT2D eigenvalue weighted by Crippen LogP contribution is 2.29. The average molecular weight is 281 g/mol. The summed E-state index contributed by atoms with van der Waals surface area (Å²) in [6.45, 7) is 2.71. The molecule has 2 aliphatic heterocycles. The summed E-state index contributed by atoms with van der Waals surface area (Å²) < 4.78 is 7.72. The van der Waals surface area contributed by atoms with Crippen molar-refractivity contribution in [3.05, 3.63) is 18.2 Å². The predicted octanol–water partition coefficient (Wildman–Crippen LogP) is 2.21. The van der Waals surface area contributed by atoms with Crippen molar-refractivity contribution in [1.29, 1.82) is 0 Å². The number of hydrogen-bond donors (Lipinski definition) is 1. The molecule has 0 amide bonds. The zero-order valence-electron chi connectivity index (χ0n) is 11.3. The number of ether oxygens (including phenoxy) is 1. The highest BCUT2D eigenvalue weighted by Gasteiger charge is 2.27. The van der Waals surface area contributed by atoms with Crippen LogP contribution in [0.4, 0.5) is 0 Å². The van der Waals surface area contributed by atoms with Crippen molar-refractivity contribution in [2.75, 3.05) is 19.0 Å². The van der Waals surface area contributed by atoms with Crippen molar-refractivity contribution >= 4 is 11.8 Å². The van der Waals surface area contributed by atoms with Crippen molar-refractivity contribution in [2.45, 2.75) is 43.5 Å². The van der Waals surface area contributed by atoms with E-state index in [9.17, 15) is 0 Å². The normalized spacial score (nSPS) is 29.5. The van der Waals surface area contributed by atoms with E-state index in [4.69, 9.17) is 10.5 Å². The van der Waals surface area contributed by atoms with Crippen molar-refractivity contribution in [1.82, 2.24) is 9.55 Å². The van der Waals surface area contributed by atoms with E-state index >= 15 is 0 Å². The Morgan fingerprint density at radius 2 is 2.42 bits per heavy atom. The molecule has 2 fully saturated rings. The molecule has 3 atom stereocenters. The summed E-state index contributed by atoms with van der Waals surface area (Å²) >= 11 is 2.10. The lowest BCUT2D eigenvalue weighted by Crippen LogP contribution is -2.26. The van der Waals surface area contributed by atoms with Crippen LogP contribution in [0.3, 0.4) is 0 Å². The molecule has 2 saturated heterocycles. The van der Waals surface area contributed by atoms with Gasteiger partial charge in [0.25, 0.3) is 0 Å². The van der Waals surface area contributed by atoms with Crippen LogP contribution in [0.1, 0.15) is 37.4 Å². The second-order valence-electron chi connectivity index (χ2n) is 5.61. The van der Waals surface area contributed by atoms with Crippen molar-refractivity contribution in [2.24, 2.45) is 11.7 Å². The van der Waals surface area contributed by atoms with Gasteiger partial charge in [0.2, 0.25) is 0 Å². The number of nitrogens with zero attached hydrogens (tertiary/aromatic N) is 2. The topological polar surface area (TPSA) is 53.1 Å². The van der Waals surface area contributed by atoms with Crippen LogP contribution in [-0.2, 0) is 11.3 Å². The molecule has 3 unspecified atom stereocenters. The van der Waals surface area contributed by atoms with E-state index in [1.54, 1.807) is 0 Å². The first-order valence-corrected chi connectivity index (χ1v) is 8.34. The molecule has 3 heterocycles. The molecule has 2 N–H and O–H groups in total. The Bertz CT molecular complexity index is 397. The molecule has 0 radical (unpaired) electrons. The molecule has 0 bridgehead atoms. The standard InChI is InChI=1S/C14H23N3OS/c15-14(11-4-5-18-9-11)13-7-16-10-17(13)8-12-3-1-2-6-19-12/h7,10-12,14H,1-6,8-9,15H2. The lowest BCUT2D eigenvalue weighted by atomic mass is 9.97. The van der Waals surface area contributed by atoms with E-state index in [1.165, 1.54) is 30.7 Å². The summed E-state index contributed by atoms with van der Waals surface area (Å²) in [6.07, 6.45) is 9.02. The lowest BCUT2D eigenvalue weighted by Gasteiger charge is -2.25. The SMILES string of the molecule is NC(c1cncn1CC1CCCCS1)C1CCOC1. The minimum Gasteiger partial charge on any atom is -0.381 e. The van der Waals surface area contributed by atoms with Gasteiger partial charge in [-0.15, -0.1) is 0 Å². The van der Waals surface area contributed by atoms with Crippen LogP contribution in [0, 0.1) is 5.92 Å². The molecule has 106 valence electrons. The molecular formula is C14H23N3OS. The highest BCUT2D eigenvalue weighted by molar-refractivity contribution is 7.99. The summed E-state index contributed by atoms with van der Waals surface area (Å²) in [5, 5.41) is 0.730. The first-order valence-electron chi connectivity index (χ1n) is 7.29. The fourth-order valence-corrected chi connectivity index (χ4v) is 4.31. The molecular weight excluding hydrogens is 258 g/mol. The molecule has 19 heavy (non-hydrogen) atoms. The van der Waals surface area contributed by atoms with Crippen LogP contribution < -0.4 is 5.73 Å². The van der Waals surface area contributed by atoms with Gasteiger partial charge in [0.05, 0.1) is 24.7 Å². The van der Waals surface area contributed by atoms with Crippen LogP contribution in [0.15, 0.2) is 12.5 Å². The van der Waals surface area contributed by atoms with Gasteiger partial charge < -0.3 is 15.0 Å². The largest absolute Gasteiger partial charge is 0.381 e. The fraction of sp³-hybridized carbons (Fsp3) is 0.786. The summed E-state index contributed by atoms with van der Waals surface area (Å²) in [5.41, 5.74) is 7.59. The third kappa shape index (κ3) is 3.15. The minimum atomic E-state index is 0.0681. The second kappa shape index (κ2) is 6.29.